The van der Waals surface area contributed by atoms with E-state index in [-0.39, 0.29) is 11.2 Å². The molecular formula is C20H22N2OS. The smallest absolute Gasteiger partial charge is 0.238 e. The molecule has 2 heterocycles. The SMILES string of the molecule is Cc1cc(NC(=O)C2Cc3ccccc3S2)ccc1N1CCCC1. The predicted octanol–water partition coefficient (Wildman–Crippen LogP) is 4.25. The van der Waals surface area contributed by atoms with Crippen LogP contribution in [-0.4, -0.2) is 24.2 Å². The number of benzene rings is 2. The van der Waals surface area contributed by atoms with Crippen molar-refractivity contribution in [3.05, 3.63) is 53.6 Å². The highest BCUT2D eigenvalue weighted by Crippen LogP contribution is 2.37. The van der Waals surface area contributed by atoms with E-state index in [9.17, 15) is 4.79 Å². The Morgan fingerprint density at radius 1 is 1.17 bits per heavy atom. The van der Waals surface area contributed by atoms with Crippen LogP contribution in [0.3, 0.4) is 0 Å². The molecule has 0 bridgehead atoms. The van der Waals surface area contributed by atoms with Crippen molar-refractivity contribution in [3.8, 4) is 0 Å². The van der Waals surface area contributed by atoms with Crippen LogP contribution in [-0.2, 0) is 11.2 Å². The summed E-state index contributed by atoms with van der Waals surface area (Å²) in [5.74, 6) is 0.101. The summed E-state index contributed by atoms with van der Waals surface area (Å²) >= 11 is 1.67. The summed E-state index contributed by atoms with van der Waals surface area (Å²) in [6, 6.07) is 14.6. The van der Waals surface area contributed by atoms with Crippen molar-refractivity contribution in [2.75, 3.05) is 23.3 Å². The summed E-state index contributed by atoms with van der Waals surface area (Å²) in [6.07, 6.45) is 3.37. The van der Waals surface area contributed by atoms with Gasteiger partial charge >= 0.3 is 0 Å². The molecule has 0 saturated carbocycles. The molecule has 1 saturated heterocycles. The van der Waals surface area contributed by atoms with E-state index in [1.54, 1.807) is 11.8 Å². The molecule has 2 aromatic rings. The molecule has 0 radical (unpaired) electrons. The first-order chi connectivity index (χ1) is 11.7. The Morgan fingerprint density at radius 3 is 2.71 bits per heavy atom. The molecule has 2 aliphatic heterocycles. The average molecular weight is 338 g/mol. The number of amides is 1. The molecule has 0 spiro atoms. The van der Waals surface area contributed by atoms with Gasteiger partial charge in [-0.2, -0.15) is 0 Å². The van der Waals surface area contributed by atoms with Crippen LogP contribution in [0.2, 0.25) is 0 Å². The number of aryl methyl sites for hydroxylation is 1. The first kappa shape index (κ1) is 15.6. The number of hydrogen-bond acceptors (Lipinski definition) is 3. The average Bonchev–Trinajstić information content (AvgIpc) is 3.24. The zero-order chi connectivity index (χ0) is 16.5. The van der Waals surface area contributed by atoms with Crippen molar-refractivity contribution < 1.29 is 4.79 Å². The van der Waals surface area contributed by atoms with Crippen molar-refractivity contribution in [2.45, 2.75) is 36.3 Å². The molecule has 2 aromatic carbocycles. The summed E-state index contributed by atoms with van der Waals surface area (Å²) < 4.78 is 0. The lowest BCUT2D eigenvalue weighted by atomic mass is 10.1. The van der Waals surface area contributed by atoms with E-state index in [0.717, 1.165) is 25.2 Å². The largest absolute Gasteiger partial charge is 0.371 e. The zero-order valence-electron chi connectivity index (χ0n) is 13.9. The molecule has 1 atom stereocenters. The third-order valence-corrected chi connectivity index (χ3v) is 6.17. The maximum atomic E-state index is 12.6. The van der Waals surface area contributed by atoms with Crippen LogP contribution < -0.4 is 10.2 Å². The fourth-order valence-electron chi connectivity index (χ4n) is 3.60. The van der Waals surface area contributed by atoms with Gasteiger partial charge in [-0.15, -0.1) is 11.8 Å². The summed E-state index contributed by atoms with van der Waals surface area (Å²) in [4.78, 5) is 16.3. The van der Waals surface area contributed by atoms with Gasteiger partial charge in [-0.3, -0.25) is 4.79 Å². The van der Waals surface area contributed by atoms with Crippen molar-refractivity contribution in [3.63, 3.8) is 0 Å². The van der Waals surface area contributed by atoms with Gasteiger partial charge in [-0.1, -0.05) is 18.2 Å². The Hall–Kier alpha value is -1.94. The molecule has 4 heteroatoms. The van der Waals surface area contributed by atoms with E-state index < -0.39 is 0 Å². The number of carbonyl (C=O) groups is 1. The first-order valence-corrected chi connectivity index (χ1v) is 9.50. The minimum atomic E-state index is -0.0269. The lowest BCUT2D eigenvalue weighted by molar-refractivity contribution is -0.115. The third-order valence-electron chi connectivity index (χ3n) is 4.85. The molecule has 4 rings (SSSR count). The lowest BCUT2D eigenvalue weighted by Gasteiger charge is -2.21. The molecule has 0 aromatic heterocycles. The Kier molecular flexibility index (Phi) is 4.23. The van der Waals surface area contributed by atoms with Gasteiger partial charge in [0, 0.05) is 29.4 Å². The topological polar surface area (TPSA) is 32.3 Å². The van der Waals surface area contributed by atoms with Gasteiger partial charge in [0.05, 0.1) is 5.25 Å². The normalized spacial score (nSPS) is 19.4. The minimum absolute atomic E-state index is 0.0269. The quantitative estimate of drug-likeness (QED) is 0.908. The van der Waals surface area contributed by atoms with Crippen molar-refractivity contribution >= 4 is 29.0 Å². The van der Waals surface area contributed by atoms with Crippen LogP contribution in [0.25, 0.3) is 0 Å². The highest BCUT2D eigenvalue weighted by Gasteiger charge is 2.28. The molecule has 1 fully saturated rings. The predicted molar refractivity (Wildman–Crippen MR) is 101 cm³/mol. The highest BCUT2D eigenvalue weighted by atomic mass is 32.2. The maximum absolute atomic E-state index is 12.6. The third kappa shape index (κ3) is 3.03. The highest BCUT2D eigenvalue weighted by molar-refractivity contribution is 8.01. The van der Waals surface area contributed by atoms with Crippen molar-refractivity contribution in [2.24, 2.45) is 0 Å². The number of fused-ring (bicyclic) bond motifs is 1. The van der Waals surface area contributed by atoms with Crippen LogP contribution in [0, 0.1) is 6.92 Å². The number of thioether (sulfide) groups is 1. The molecule has 1 amide bonds. The second-order valence-corrected chi connectivity index (χ2v) is 7.85. The lowest BCUT2D eigenvalue weighted by Crippen LogP contribution is -2.25. The van der Waals surface area contributed by atoms with Crippen molar-refractivity contribution in [1.29, 1.82) is 0 Å². The van der Waals surface area contributed by atoms with E-state index >= 15 is 0 Å². The van der Waals surface area contributed by atoms with E-state index in [2.05, 4.69) is 41.4 Å². The number of nitrogens with zero attached hydrogens (tertiary/aromatic N) is 1. The molecule has 1 unspecified atom stereocenters. The molecule has 24 heavy (non-hydrogen) atoms. The van der Waals surface area contributed by atoms with Crippen LogP contribution in [0.5, 0.6) is 0 Å². The summed E-state index contributed by atoms with van der Waals surface area (Å²) in [7, 11) is 0. The Balaban J connectivity index is 1.44. The van der Waals surface area contributed by atoms with Gasteiger partial charge in [-0.25, -0.2) is 0 Å². The van der Waals surface area contributed by atoms with Crippen LogP contribution in [0.15, 0.2) is 47.4 Å². The Morgan fingerprint density at radius 2 is 1.96 bits per heavy atom. The van der Waals surface area contributed by atoms with Crippen LogP contribution >= 0.6 is 11.8 Å². The van der Waals surface area contributed by atoms with Gasteiger partial charge in [0.25, 0.3) is 0 Å². The minimum Gasteiger partial charge on any atom is -0.371 e. The molecule has 2 aliphatic rings. The second-order valence-electron chi connectivity index (χ2n) is 6.60. The van der Waals surface area contributed by atoms with Gasteiger partial charge < -0.3 is 10.2 Å². The maximum Gasteiger partial charge on any atom is 0.238 e. The zero-order valence-corrected chi connectivity index (χ0v) is 14.7. The monoisotopic (exact) mass is 338 g/mol. The van der Waals surface area contributed by atoms with Gasteiger partial charge in [0.1, 0.15) is 0 Å². The number of nitrogens with one attached hydrogen (secondary N) is 1. The second kappa shape index (κ2) is 6.52. The van der Waals surface area contributed by atoms with Crippen LogP contribution in [0.1, 0.15) is 24.0 Å². The summed E-state index contributed by atoms with van der Waals surface area (Å²) in [5.41, 5.74) is 4.71. The fraction of sp³-hybridized carbons (Fsp3) is 0.350. The summed E-state index contributed by atoms with van der Waals surface area (Å²) in [6.45, 7) is 4.41. The molecular weight excluding hydrogens is 316 g/mol. The van der Waals surface area contributed by atoms with Gasteiger partial charge in [-0.05, 0) is 61.6 Å². The van der Waals surface area contributed by atoms with E-state index in [0.29, 0.717) is 0 Å². The molecule has 1 N–H and O–H groups in total. The standard InChI is InChI=1S/C20H22N2OS/c1-14-12-16(8-9-17(14)22-10-4-5-11-22)21-20(23)19-13-15-6-2-3-7-18(15)24-19/h2-3,6-9,12,19H,4-5,10-11,13H2,1H3,(H,21,23). The fourth-order valence-corrected chi connectivity index (χ4v) is 4.79. The molecule has 0 aliphatic carbocycles. The van der Waals surface area contributed by atoms with Gasteiger partial charge in [0.15, 0.2) is 0 Å². The van der Waals surface area contributed by atoms with Crippen LogP contribution in [0.4, 0.5) is 11.4 Å². The first-order valence-electron chi connectivity index (χ1n) is 8.62. The van der Waals surface area contributed by atoms with Crippen molar-refractivity contribution in [1.82, 2.24) is 0 Å². The van der Waals surface area contributed by atoms with E-state index in [1.807, 2.05) is 18.2 Å². The number of anilines is 2. The molecule has 3 nitrogen and oxygen atoms in total. The number of rotatable bonds is 3. The number of carbonyl (C=O) groups excluding carboxylic acids is 1. The number of hydrogen-bond donors (Lipinski definition) is 1. The summed E-state index contributed by atoms with van der Waals surface area (Å²) in [5, 5.41) is 3.07. The van der Waals surface area contributed by atoms with E-state index in [1.165, 1.54) is 34.6 Å². The Labute approximate surface area is 147 Å². The molecule has 124 valence electrons. The van der Waals surface area contributed by atoms with E-state index in [4.69, 9.17) is 0 Å². The Bertz CT molecular complexity index is 743. The van der Waals surface area contributed by atoms with Gasteiger partial charge in [0.2, 0.25) is 5.91 Å².